The molecule has 3 rings (SSSR count). The fourth-order valence-electron chi connectivity index (χ4n) is 1.80. The molecule has 0 saturated heterocycles. The highest BCUT2D eigenvalue weighted by molar-refractivity contribution is 5.64. The zero-order valence-corrected chi connectivity index (χ0v) is 10.8. The Morgan fingerprint density at radius 2 is 1.95 bits per heavy atom. The number of methoxy groups -OCH3 is 1. The standard InChI is InChI=1S/C14H12N4O2/c1-19-13-11(3-2-8-16-13)14-17-12(18-20-14)9-4-6-10(15)7-5-9/h2-8H,15H2,1H3. The minimum absolute atomic E-state index is 0.363. The molecule has 0 aliphatic heterocycles. The maximum Gasteiger partial charge on any atom is 0.263 e. The first-order chi connectivity index (χ1) is 9.78. The van der Waals surface area contributed by atoms with Crippen LogP contribution in [-0.4, -0.2) is 22.2 Å². The lowest BCUT2D eigenvalue weighted by atomic mass is 10.2. The molecule has 2 aromatic heterocycles. The molecule has 0 radical (unpaired) electrons. The van der Waals surface area contributed by atoms with Gasteiger partial charge in [-0.25, -0.2) is 4.98 Å². The Morgan fingerprint density at radius 1 is 1.15 bits per heavy atom. The van der Waals surface area contributed by atoms with Crippen LogP contribution in [0.1, 0.15) is 0 Å². The molecule has 6 heteroatoms. The van der Waals surface area contributed by atoms with Crippen LogP contribution < -0.4 is 10.5 Å². The van der Waals surface area contributed by atoms with Crippen molar-refractivity contribution in [1.82, 2.24) is 15.1 Å². The molecule has 0 spiro atoms. The van der Waals surface area contributed by atoms with E-state index < -0.39 is 0 Å². The summed E-state index contributed by atoms with van der Waals surface area (Å²) in [6.45, 7) is 0. The molecule has 0 fully saturated rings. The van der Waals surface area contributed by atoms with Gasteiger partial charge in [0.2, 0.25) is 11.7 Å². The molecule has 1 aromatic carbocycles. The van der Waals surface area contributed by atoms with Crippen LogP contribution >= 0.6 is 0 Å². The van der Waals surface area contributed by atoms with Crippen molar-refractivity contribution in [2.45, 2.75) is 0 Å². The minimum Gasteiger partial charge on any atom is -0.480 e. The molecule has 0 unspecified atom stereocenters. The van der Waals surface area contributed by atoms with Crippen molar-refractivity contribution in [2.24, 2.45) is 0 Å². The Labute approximate surface area is 115 Å². The molecule has 0 aliphatic rings. The van der Waals surface area contributed by atoms with E-state index in [4.69, 9.17) is 15.0 Å². The molecule has 100 valence electrons. The van der Waals surface area contributed by atoms with Crippen LogP contribution in [0.4, 0.5) is 5.69 Å². The van der Waals surface area contributed by atoms with Crippen LogP contribution in [0.25, 0.3) is 22.8 Å². The van der Waals surface area contributed by atoms with E-state index in [1.54, 1.807) is 31.5 Å². The Balaban J connectivity index is 2.00. The van der Waals surface area contributed by atoms with Gasteiger partial charge < -0.3 is 15.0 Å². The van der Waals surface area contributed by atoms with E-state index in [2.05, 4.69) is 15.1 Å². The summed E-state index contributed by atoms with van der Waals surface area (Å²) in [5.74, 6) is 1.30. The zero-order valence-electron chi connectivity index (χ0n) is 10.8. The van der Waals surface area contributed by atoms with Crippen LogP contribution in [0, 0.1) is 0 Å². The highest BCUT2D eigenvalue weighted by atomic mass is 16.5. The molecular weight excluding hydrogens is 256 g/mol. The fourth-order valence-corrected chi connectivity index (χ4v) is 1.80. The second-order valence-electron chi connectivity index (χ2n) is 4.11. The molecule has 0 saturated carbocycles. The van der Waals surface area contributed by atoms with Crippen molar-refractivity contribution in [3.8, 4) is 28.7 Å². The van der Waals surface area contributed by atoms with E-state index in [0.717, 1.165) is 5.56 Å². The summed E-state index contributed by atoms with van der Waals surface area (Å²) in [5, 5.41) is 3.96. The third-order valence-electron chi connectivity index (χ3n) is 2.79. The predicted octanol–water partition coefficient (Wildman–Crippen LogP) is 2.39. The van der Waals surface area contributed by atoms with Gasteiger partial charge in [-0.15, -0.1) is 0 Å². The number of nitrogens with two attached hydrogens (primary N) is 1. The van der Waals surface area contributed by atoms with Gasteiger partial charge in [0.15, 0.2) is 0 Å². The van der Waals surface area contributed by atoms with Crippen molar-refractivity contribution in [3.63, 3.8) is 0 Å². The smallest absolute Gasteiger partial charge is 0.263 e. The summed E-state index contributed by atoms with van der Waals surface area (Å²) in [4.78, 5) is 8.45. The van der Waals surface area contributed by atoms with Gasteiger partial charge in [-0.05, 0) is 36.4 Å². The molecule has 2 heterocycles. The number of anilines is 1. The summed E-state index contributed by atoms with van der Waals surface area (Å²) in [6.07, 6.45) is 1.64. The summed E-state index contributed by atoms with van der Waals surface area (Å²) >= 11 is 0. The SMILES string of the molecule is COc1ncccc1-c1nc(-c2ccc(N)cc2)no1. The maximum atomic E-state index is 5.65. The van der Waals surface area contributed by atoms with Crippen molar-refractivity contribution in [3.05, 3.63) is 42.6 Å². The first kappa shape index (κ1) is 12.2. The first-order valence-corrected chi connectivity index (χ1v) is 5.97. The molecule has 20 heavy (non-hydrogen) atoms. The summed E-state index contributed by atoms with van der Waals surface area (Å²) in [5.41, 5.74) is 7.82. The molecule has 0 bridgehead atoms. The van der Waals surface area contributed by atoms with Gasteiger partial charge in [0.1, 0.15) is 5.56 Å². The van der Waals surface area contributed by atoms with E-state index in [0.29, 0.717) is 28.8 Å². The second kappa shape index (κ2) is 5.00. The Morgan fingerprint density at radius 3 is 2.70 bits per heavy atom. The number of ether oxygens (including phenoxy) is 1. The largest absolute Gasteiger partial charge is 0.480 e. The molecule has 6 nitrogen and oxygen atoms in total. The zero-order chi connectivity index (χ0) is 13.9. The van der Waals surface area contributed by atoms with Crippen LogP contribution in [0.3, 0.4) is 0 Å². The quantitative estimate of drug-likeness (QED) is 0.734. The van der Waals surface area contributed by atoms with E-state index in [9.17, 15) is 0 Å². The molecular formula is C14H12N4O2. The average molecular weight is 268 g/mol. The minimum atomic E-state index is 0.363. The molecule has 0 atom stereocenters. The molecule has 0 aliphatic carbocycles. The van der Waals surface area contributed by atoms with Crippen LogP contribution in [0.5, 0.6) is 5.88 Å². The lowest BCUT2D eigenvalue weighted by Crippen LogP contribution is -1.90. The van der Waals surface area contributed by atoms with Crippen molar-refractivity contribution < 1.29 is 9.26 Å². The molecule has 0 amide bonds. The van der Waals surface area contributed by atoms with Gasteiger partial charge in [0.05, 0.1) is 7.11 Å². The van der Waals surface area contributed by atoms with Crippen molar-refractivity contribution in [2.75, 3.05) is 12.8 Å². The Bertz CT molecular complexity index is 722. The second-order valence-corrected chi connectivity index (χ2v) is 4.11. The average Bonchev–Trinajstić information content (AvgIpc) is 2.97. The number of benzene rings is 1. The van der Waals surface area contributed by atoms with Crippen LogP contribution in [0.15, 0.2) is 47.1 Å². The number of hydrogen-bond acceptors (Lipinski definition) is 6. The van der Waals surface area contributed by atoms with E-state index in [1.165, 1.54) is 0 Å². The van der Waals surface area contributed by atoms with Gasteiger partial charge in [-0.1, -0.05) is 5.16 Å². The van der Waals surface area contributed by atoms with Gasteiger partial charge >= 0.3 is 0 Å². The van der Waals surface area contributed by atoms with Crippen molar-refractivity contribution >= 4 is 5.69 Å². The number of hydrogen-bond donors (Lipinski definition) is 1. The summed E-state index contributed by atoms with van der Waals surface area (Å²) in [6, 6.07) is 10.8. The summed E-state index contributed by atoms with van der Waals surface area (Å²) < 4.78 is 10.4. The van der Waals surface area contributed by atoms with Crippen LogP contribution in [-0.2, 0) is 0 Å². The number of nitrogens with zero attached hydrogens (tertiary/aromatic N) is 3. The van der Waals surface area contributed by atoms with Crippen LogP contribution in [0.2, 0.25) is 0 Å². The van der Waals surface area contributed by atoms with E-state index >= 15 is 0 Å². The van der Waals surface area contributed by atoms with Gasteiger partial charge in [0.25, 0.3) is 5.89 Å². The summed E-state index contributed by atoms with van der Waals surface area (Å²) in [7, 11) is 1.54. The number of rotatable bonds is 3. The Hall–Kier alpha value is -2.89. The van der Waals surface area contributed by atoms with Gasteiger partial charge in [0, 0.05) is 17.4 Å². The lowest BCUT2D eigenvalue weighted by molar-refractivity contribution is 0.392. The lowest BCUT2D eigenvalue weighted by Gasteiger charge is -2.01. The predicted molar refractivity (Wildman–Crippen MR) is 73.9 cm³/mol. The monoisotopic (exact) mass is 268 g/mol. The highest BCUT2D eigenvalue weighted by Gasteiger charge is 2.15. The topological polar surface area (TPSA) is 87.1 Å². The number of nitrogen functional groups attached to an aromatic ring is 1. The van der Waals surface area contributed by atoms with Gasteiger partial charge in [-0.2, -0.15) is 4.98 Å². The number of pyridine rings is 1. The fraction of sp³-hybridized carbons (Fsp3) is 0.0714. The highest BCUT2D eigenvalue weighted by Crippen LogP contribution is 2.28. The number of aromatic nitrogens is 3. The third-order valence-corrected chi connectivity index (χ3v) is 2.79. The van der Waals surface area contributed by atoms with Gasteiger partial charge in [-0.3, -0.25) is 0 Å². The maximum absolute atomic E-state index is 5.65. The van der Waals surface area contributed by atoms with Crippen molar-refractivity contribution in [1.29, 1.82) is 0 Å². The normalized spacial score (nSPS) is 10.4. The first-order valence-electron chi connectivity index (χ1n) is 5.97. The third kappa shape index (κ3) is 2.18. The van der Waals surface area contributed by atoms with E-state index in [1.807, 2.05) is 18.2 Å². The molecule has 3 aromatic rings. The molecule has 2 N–H and O–H groups in total. The Kier molecular flexibility index (Phi) is 3.04. The van der Waals surface area contributed by atoms with E-state index in [-0.39, 0.29) is 0 Å².